The Morgan fingerprint density at radius 1 is 0.811 bits per heavy atom. The quantitative estimate of drug-likeness (QED) is 0.355. The minimum atomic E-state index is -0.508. The van der Waals surface area contributed by atoms with Crippen LogP contribution in [0.4, 0.5) is 0 Å². The molecule has 0 atom stereocenters. The fourth-order valence-electron chi connectivity index (χ4n) is 3.64. The van der Waals surface area contributed by atoms with E-state index in [1.807, 2.05) is 0 Å². The smallest absolute Gasteiger partial charge is 0.337 e. The molecule has 198 valence electrons. The van der Waals surface area contributed by atoms with Gasteiger partial charge in [-0.25, -0.2) is 9.59 Å². The third kappa shape index (κ3) is 6.86. The van der Waals surface area contributed by atoms with E-state index < -0.39 is 23.2 Å². The molecule has 8 nitrogen and oxygen atoms in total. The van der Waals surface area contributed by atoms with Crippen molar-refractivity contribution >= 4 is 11.9 Å². The monoisotopic (exact) mass is 508 g/mol. The van der Waals surface area contributed by atoms with Crippen molar-refractivity contribution in [2.45, 2.75) is 20.8 Å². The number of ether oxygens (including phenoxy) is 2. The molecule has 2 aromatic carbocycles. The molecule has 0 unspecified atom stereocenters. The zero-order valence-corrected chi connectivity index (χ0v) is 22.7. The van der Waals surface area contributed by atoms with Crippen molar-refractivity contribution in [2.75, 3.05) is 40.9 Å². The summed E-state index contributed by atoms with van der Waals surface area (Å²) in [4.78, 5) is 35.8. The first-order valence-electron chi connectivity index (χ1n) is 12.2. The van der Waals surface area contributed by atoms with Gasteiger partial charge in [0.15, 0.2) is 0 Å². The number of carbonyl (C=O) groups is 2. The van der Waals surface area contributed by atoms with Crippen LogP contribution in [0, 0.1) is 0 Å². The summed E-state index contributed by atoms with van der Waals surface area (Å²) in [6.45, 7) is 10.5. The third-order valence-electron chi connectivity index (χ3n) is 6.83. The molecule has 0 saturated heterocycles. The van der Waals surface area contributed by atoms with Crippen LogP contribution in [0.25, 0.3) is 22.3 Å². The van der Waals surface area contributed by atoms with Crippen LogP contribution in [0.3, 0.4) is 0 Å². The number of benzene rings is 2. The summed E-state index contributed by atoms with van der Waals surface area (Å²) in [5.74, 6) is -1.43. The largest absolute Gasteiger partial charge is 0.871 e. The van der Waals surface area contributed by atoms with Crippen LogP contribution in [0.2, 0.25) is 0 Å². The first kappa shape index (κ1) is 29.3. The SMILES string of the molecule is CC[N+](C)(CC)CC.COC(=O)c1ccc(-c2cn(C)c(=O)c(-c3ccc(C(=O)OC)cc3)c2[O-])cc1. The Morgan fingerprint density at radius 2 is 1.22 bits per heavy atom. The minimum absolute atomic E-state index is 0.00143. The van der Waals surface area contributed by atoms with Crippen molar-refractivity contribution in [1.82, 2.24) is 4.57 Å². The van der Waals surface area contributed by atoms with Crippen molar-refractivity contribution in [1.29, 1.82) is 0 Å². The Kier molecular flexibility index (Phi) is 10.2. The van der Waals surface area contributed by atoms with Crippen molar-refractivity contribution in [3.05, 3.63) is 76.2 Å². The van der Waals surface area contributed by atoms with E-state index in [0.717, 1.165) is 0 Å². The van der Waals surface area contributed by atoms with Crippen molar-refractivity contribution < 1.29 is 28.7 Å². The molecule has 0 bridgehead atoms. The average molecular weight is 509 g/mol. The zero-order chi connectivity index (χ0) is 27.8. The number of nitrogens with zero attached hydrogens (tertiary/aromatic N) is 2. The van der Waals surface area contributed by atoms with E-state index in [9.17, 15) is 19.5 Å². The van der Waals surface area contributed by atoms with Gasteiger partial charge in [-0.3, -0.25) is 4.79 Å². The number of esters is 2. The van der Waals surface area contributed by atoms with Crippen LogP contribution in [0.5, 0.6) is 5.75 Å². The van der Waals surface area contributed by atoms with Crippen molar-refractivity contribution in [3.8, 4) is 28.0 Å². The van der Waals surface area contributed by atoms with Crippen molar-refractivity contribution in [2.24, 2.45) is 7.05 Å². The Morgan fingerprint density at radius 3 is 1.57 bits per heavy atom. The number of aromatic nitrogens is 1. The van der Waals surface area contributed by atoms with Gasteiger partial charge >= 0.3 is 11.9 Å². The highest BCUT2D eigenvalue weighted by molar-refractivity contribution is 5.91. The summed E-state index contributed by atoms with van der Waals surface area (Å²) in [6, 6.07) is 12.4. The van der Waals surface area contributed by atoms with Crippen LogP contribution < -0.4 is 10.7 Å². The molecule has 0 N–H and O–H groups in total. The lowest BCUT2D eigenvalue weighted by molar-refractivity contribution is -0.904. The van der Waals surface area contributed by atoms with Gasteiger partial charge in [-0.1, -0.05) is 30.0 Å². The number of pyridine rings is 1. The minimum Gasteiger partial charge on any atom is -0.871 e. The Labute approximate surface area is 218 Å². The van der Waals surface area contributed by atoms with Gasteiger partial charge in [0.2, 0.25) is 0 Å². The maximum Gasteiger partial charge on any atom is 0.337 e. The van der Waals surface area contributed by atoms with E-state index in [4.69, 9.17) is 0 Å². The summed E-state index contributed by atoms with van der Waals surface area (Å²) in [7, 11) is 6.41. The van der Waals surface area contributed by atoms with Gasteiger partial charge in [0, 0.05) is 18.8 Å². The molecule has 0 fully saturated rings. The van der Waals surface area contributed by atoms with E-state index in [2.05, 4.69) is 37.3 Å². The second kappa shape index (κ2) is 12.9. The highest BCUT2D eigenvalue weighted by Crippen LogP contribution is 2.33. The molecule has 0 amide bonds. The number of carbonyl (C=O) groups excluding carboxylic acids is 2. The van der Waals surface area contributed by atoms with Crippen LogP contribution >= 0.6 is 0 Å². The Bertz CT molecular complexity index is 1270. The normalized spacial score (nSPS) is 10.8. The third-order valence-corrected chi connectivity index (χ3v) is 6.83. The maximum atomic E-state index is 13.1. The molecule has 0 aliphatic rings. The van der Waals surface area contributed by atoms with E-state index in [-0.39, 0.29) is 5.56 Å². The molecular weight excluding hydrogens is 472 g/mol. The molecule has 8 heteroatoms. The van der Waals surface area contributed by atoms with Gasteiger partial charge in [-0.2, -0.15) is 0 Å². The van der Waals surface area contributed by atoms with E-state index in [1.165, 1.54) is 73.4 Å². The average Bonchev–Trinajstić information content (AvgIpc) is 2.94. The molecule has 0 aliphatic carbocycles. The lowest BCUT2D eigenvalue weighted by Crippen LogP contribution is -2.42. The summed E-state index contributed by atoms with van der Waals surface area (Å²) in [5, 5.41) is 13.1. The highest BCUT2D eigenvalue weighted by atomic mass is 16.5. The summed E-state index contributed by atoms with van der Waals surface area (Å²) in [5.41, 5.74) is 1.49. The first-order valence-corrected chi connectivity index (χ1v) is 12.2. The van der Waals surface area contributed by atoms with Gasteiger partial charge in [0.25, 0.3) is 5.56 Å². The lowest BCUT2D eigenvalue weighted by atomic mass is 9.98. The fourth-order valence-corrected chi connectivity index (χ4v) is 3.64. The van der Waals surface area contributed by atoms with E-state index in [0.29, 0.717) is 27.8 Å². The van der Waals surface area contributed by atoms with Gasteiger partial charge in [-0.15, -0.1) is 0 Å². The Hall–Kier alpha value is -3.91. The first-order chi connectivity index (χ1) is 17.5. The number of methoxy groups -OCH3 is 2. The molecule has 3 rings (SSSR count). The maximum absolute atomic E-state index is 13.1. The van der Waals surface area contributed by atoms with Crippen LogP contribution in [0.15, 0.2) is 59.5 Å². The standard InChI is InChI=1S/C22H19NO6.C7H18N/c1-23-12-17(13-4-8-15(9-5-13)21(26)28-2)19(24)18(20(23)25)14-6-10-16(11-7-14)22(27)29-3;1-5-8(4,6-2)7-3/h4-12,24H,1-3H3;5-7H2,1-4H3/q;+1/p-1. The van der Waals surface area contributed by atoms with Gasteiger partial charge < -0.3 is 23.6 Å². The lowest BCUT2D eigenvalue weighted by Gasteiger charge is -2.30. The molecule has 0 saturated carbocycles. The molecule has 1 heterocycles. The highest BCUT2D eigenvalue weighted by Gasteiger charge is 2.14. The van der Waals surface area contributed by atoms with Gasteiger partial charge in [0.05, 0.1) is 52.0 Å². The summed E-state index contributed by atoms with van der Waals surface area (Å²) < 4.78 is 11.9. The zero-order valence-electron chi connectivity index (χ0n) is 22.7. The number of rotatable bonds is 7. The molecule has 3 aromatic rings. The van der Waals surface area contributed by atoms with Gasteiger partial charge in [-0.05, 0) is 61.7 Å². The van der Waals surface area contributed by atoms with E-state index >= 15 is 0 Å². The second-order valence-corrected chi connectivity index (χ2v) is 8.87. The molecule has 37 heavy (non-hydrogen) atoms. The fraction of sp³-hybridized carbons (Fsp3) is 0.345. The number of aryl methyl sites for hydroxylation is 1. The van der Waals surface area contributed by atoms with Gasteiger partial charge in [0.1, 0.15) is 0 Å². The predicted molar refractivity (Wildman–Crippen MR) is 142 cm³/mol. The van der Waals surface area contributed by atoms with E-state index in [1.54, 1.807) is 31.3 Å². The topological polar surface area (TPSA) is 97.7 Å². The molecular formula is C29H36N2O6. The molecule has 0 radical (unpaired) electrons. The van der Waals surface area contributed by atoms with Crippen LogP contribution in [0.1, 0.15) is 41.5 Å². The van der Waals surface area contributed by atoms with Crippen LogP contribution in [-0.4, -0.2) is 61.9 Å². The summed E-state index contributed by atoms with van der Waals surface area (Å²) in [6.07, 6.45) is 1.46. The molecule has 0 spiro atoms. The molecule has 0 aliphatic heterocycles. The summed E-state index contributed by atoms with van der Waals surface area (Å²) >= 11 is 0. The Balaban J connectivity index is 0.000000521. The predicted octanol–water partition coefficient (Wildman–Crippen LogP) is 3.86. The van der Waals surface area contributed by atoms with Crippen LogP contribution in [-0.2, 0) is 16.5 Å². The van der Waals surface area contributed by atoms with Crippen molar-refractivity contribution in [3.63, 3.8) is 0 Å². The number of hydrogen-bond donors (Lipinski definition) is 0. The number of hydrogen-bond acceptors (Lipinski definition) is 6. The number of quaternary nitrogens is 1. The second-order valence-electron chi connectivity index (χ2n) is 8.87. The molecule has 1 aromatic heterocycles.